The van der Waals surface area contributed by atoms with Gasteiger partial charge in [0.2, 0.25) is 5.91 Å². The molecule has 156 valence electrons. The summed E-state index contributed by atoms with van der Waals surface area (Å²) >= 11 is 1.30. The molecule has 0 bridgehead atoms. The standard InChI is InChI=1S/C23H28FNO3S/c1-14(2)19-10-18(24)11-20(15(3)4)21(19)12-22(26)25-29-13-16-6-8-17(9-7-16)23(27)28-5/h6-11,14-15H,12-13H2,1-5H3,(H,25,26). The van der Waals surface area contributed by atoms with E-state index in [1.54, 1.807) is 12.1 Å². The van der Waals surface area contributed by atoms with Crippen molar-refractivity contribution < 1.29 is 18.7 Å². The minimum Gasteiger partial charge on any atom is -0.465 e. The van der Waals surface area contributed by atoms with E-state index >= 15 is 0 Å². The van der Waals surface area contributed by atoms with E-state index in [1.165, 1.54) is 31.2 Å². The zero-order chi connectivity index (χ0) is 21.6. The third kappa shape index (κ3) is 6.32. The van der Waals surface area contributed by atoms with Gasteiger partial charge in [-0.2, -0.15) is 0 Å². The monoisotopic (exact) mass is 417 g/mol. The van der Waals surface area contributed by atoms with E-state index in [9.17, 15) is 14.0 Å². The second-order valence-electron chi connectivity index (χ2n) is 7.55. The van der Waals surface area contributed by atoms with E-state index in [0.717, 1.165) is 22.3 Å². The number of hydrogen-bond donors (Lipinski definition) is 1. The number of amides is 1. The summed E-state index contributed by atoms with van der Waals surface area (Å²) in [7, 11) is 1.35. The Morgan fingerprint density at radius 3 is 2.07 bits per heavy atom. The first-order chi connectivity index (χ1) is 13.7. The highest BCUT2D eigenvalue weighted by Gasteiger charge is 2.18. The molecule has 0 unspecified atom stereocenters. The van der Waals surface area contributed by atoms with Gasteiger partial charge in [-0.3, -0.25) is 9.52 Å². The topological polar surface area (TPSA) is 55.4 Å². The molecule has 1 amide bonds. The van der Waals surface area contributed by atoms with Crippen LogP contribution in [-0.2, 0) is 21.7 Å². The highest BCUT2D eigenvalue weighted by atomic mass is 32.2. The van der Waals surface area contributed by atoms with Crippen LogP contribution in [0.15, 0.2) is 36.4 Å². The lowest BCUT2D eigenvalue weighted by Crippen LogP contribution is -2.21. The fourth-order valence-corrected chi connectivity index (χ4v) is 3.83. The van der Waals surface area contributed by atoms with Crippen LogP contribution in [-0.4, -0.2) is 19.0 Å². The maximum Gasteiger partial charge on any atom is 0.337 e. The Hall–Kier alpha value is -2.34. The predicted molar refractivity (Wildman–Crippen MR) is 116 cm³/mol. The van der Waals surface area contributed by atoms with Crippen LogP contribution in [0.3, 0.4) is 0 Å². The number of carbonyl (C=O) groups is 2. The number of halogens is 1. The summed E-state index contributed by atoms with van der Waals surface area (Å²) in [4.78, 5) is 24.0. The van der Waals surface area contributed by atoms with Gasteiger partial charge in [0.15, 0.2) is 0 Å². The Balaban J connectivity index is 2.01. The molecule has 0 fully saturated rings. The van der Waals surface area contributed by atoms with Crippen molar-refractivity contribution in [1.82, 2.24) is 4.72 Å². The van der Waals surface area contributed by atoms with Gasteiger partial charge in [0, 0.05) is 5.75 Å². The molecule has 0 aliphatic carbocycles. The lowest BCUT2D eigenvalue weighted by atomic mass is 9.87. The van der Waals surface area contributed by atoms with Crippen LogP contribution in [0.25, 0.3) is 0 Å². The number of ether oxygens (including phenoxy) is 1. The predicted octanol–water partition coefficient (Wildman–Crippen LogP) is 5.37. The van der Waals surface area contributed by atoms with E-state index in [4.69, 9.17) is 0 Å². The number of nitrogens with one attached hydrogen (secondary N) is 1. The van der Waals surface area contributed by atoms with E-state index in [0.29, 0.717) is 11.3 Å². The maximum atomic E-state index is 14.0. The Kier molecular flexibility index (Phi) is 8.26. The highest BCUT2D eigenvalue weighted by Crippen LogP contribution is 2.29. The van der Waals surface area contributed by atoms with Crippen molar-refractivity contribution in [2.24, 2.45) is 0 Å². The summed E-state index contributed by atoms with van der Waals surface area (Å²) in [5.74, 6) is 0.0885. The normalized spacial score (nSPS) is 11.0. The Bertz CT molecular complexity index is 834. The van der Waals surface area contributed by atoms with E-state index in [-0.39, 0.29) is 36.0 Å². The first-order valence-electron chi connectivity index (χ1n) is 9.63. The zero-order valence-corrected chi connectivity index (χ0v) is 18.4. The summed E-state index contributed by atoms with van der Waals surface area (Å²) in [5.41, 5.74) is 4.15. The Labute approximate surface area is 176 Å². The van der Waals surface area contributed by atoms with Gasteiger partial charge in [-0.05, 0) is 70.3 Å². The van der Waals surface area contributed by atoms with E-state index in [1.807, 2.05) is 39.8 Å². The molecule has 0 aliphatic heterocycles. The van der Waals surface area contributed by atoms with Gasteiger partial charge in [0.25, 0.3) is 0 Å². The molecule has 4 nitrogen and oxygen atoms in total. The molecular formula is C23H28FNO3S. The quantitative estimate of drug-likeness (QED) is 0.464. The number of carbonyl (C=O) groups excluding carboxylic acids is 2. The SMILES string of the molecule is COC(=O)c1ccc(CSNC(=O)Cc2c(C(C)C)cc(F)cc2C(C)C)cc1. The largest absolute Gasteiger partial charge is 0.465 e. The van der Waals surface area contributed by atoms with Crippen LogP contribution in [0.1, 0.15) is 72.1 Å². The molecule has 0 atom stereocenters. The van der Waals surface area contributed by atoms with Crippen molar-refractivity contribution in [3.63, 3.8) is 0 Å². The molecule has 2 aromatic rings. The third-order valence-electron chi connectivity index (χ3n) is 4.66. The van der Waals surface area contributed by atoms with Gasteiger partial charge in [0.05, 0.1) is 19.1 Å². The van der Waals surface area contributed by atoms with Crippen molar-refractivity contribution >= 4 is 23.8 Å². The van der Waals surface area contributed by atoms with Crippen molar-refractivity contribution in [3.8, 4) is 0 Å². The van der Waals surface area contributed by atoms with Gasteiger partial charge in [0.1, 0.15) is 5.82 Å². The molecule has 2 aromatic carbocycles. The first-order valence-corrected chi connectivity index (χ1v) is 10.6. The minimum atomic E-state index is -0.376. The molecule has 29 heavy (non-hydrogen) atoms. The van der Waals surface area contributed by atoms with Crippen LogP contribution in [0.2, 0.25) is 0 Å². The van der Waals surface area contributed by atoms with Crippen molar-refractivity contribution in [2.75, 3.05) is 7.11 Å². The Morgan fingerprint density at radius 1 is 1.03 bits per heavy atom. The van der Waals surface area contributed by atoms with Crippen molar-refractivity contribution in [1.29, 1.82) is 0 Å². The number of benzene rings is 2. The van der Waals surface area contributed by atoms with E-state index in [2.05, 4.69) is 9.46 Å². The van der Waals surface area contributed by atoms with Crippen molar-refractivity contribution in [3.05, 3.63) is 70.0 Å². The average molecular weight is 418 g/mol. The molecule has 0 heterocycles. The summed E-state index contributed by atoms with van der Waals surface area (Å²) < 4.78 is 21.6. The number of esters is 1. The lowest BCUT2D eigenvalue weighted by Gasteiger charge is -2.19. The molecule has 1 N–H and O–H groups in total. The van der Waals surface area contributed by atoms with Gasteiger partial charge < -0.3 is 4.74 Å². The smallest absolute Gasteiger partial charge is 0.337 e. The number of methoxy groups -OCH3 is 1. The highest BCUT2D eigenvalue weighted by molar-refractivity contribution is 7.97. The first kappa shape index (κ1) is 22.9. The van der Waals surface area contributed by atoms with Gasteiger partial charge >= 0.3 is 5.97 Å². The van der Waals surface area contributed by atoms with Gasteiger partial charge in [-0.25, -0.2) is 9.18 Å². The fraction of sp³-hybridized carbons (Fsp3) is 0.391. The fourth-order valence-electron chi connectivity index (χ4n) is 3.17. The molecule has 6 heteroatoms. The van der Waals surface area contributed by atoms with Crippen molar-refractivity contribution in [2.45, 2.75) is 51.7 Å². The van der Waals surface area contributed by atoms with Crippen LogP contribution < -0.4 is 4.72 Å². The third-order valence-corrected chi connectivity index (χ3v) is 5.51. The maximum absolute atomic E-state index is 14.0. The number of hydrogen-bond acceptors (Lipinski definition) is 4. The lowest BCUT2D eigenvalue weighted by molar-refractivity contribution is -0.118. The zero-order valence-electron chi connectivity index (χ0n) is 17.5. The summed E-state index contributed by atoms with van der Waals surface area (Å²) in [6, 6.07) is 10.1. The van der Waals surface area contributed by atoms with Crippen LogP contribution in [0.4, 0.5) is 4.39 Å². The molecule has 2 rings (SSSR count). The average Bonchev–Trinajstić information content (AvgIpc) is 2.68. The number of rotatable bonds is 8. The Morgan fingerprint density at radius 2 is 1.59 bits per heavy atom. The minimum absolute atomic E-state index is 0.114. The second-order valence-corrected chi connectivity index (χ2v) is 8.33. The van der Waals surface area contributed by atoms with Crippen LogP contribution in [0.5, 0.6) is 0 Å². The van der Waals surface area contributed by atoms with E-state index < -0.39 is 0 Å². The molecular weight excluding hydrogens is 389 g/mol. The molecule has 0 saturated carbocycles. The molecule has 0 saturated heterocycles. The molecule has 0 aromatic heterocycles. The molecule has 0 radical (unpaired) electrons. The summed E-state index contributed by atoms with van der Waals surface area (Å²) in [6.07, 6.45) is 0.218. The molecule has 0 spiro atoms. The van der Waals surface area contributed by atoms with Gasteiger partial charge in [-0.1, -0.05) is 39.8 Å². The van der Waals surface area contributed by atoms with Crippen LogP contribution >= 0.6 is 11.9 Å². The second kappa shape index (κ2) is 10.4. The summed E-state index contributed by atoms with van der Waals surface area (Å²) in [6.45, 7) is 8.03. The summed E-state index contributed by atoms with van der Waals surface area (Å²) in [5, 5.41) is 0. The molecule has 0 aliphatic rings. The van der Waals surface area contributed by atoms with Crippen LogP contribution in [0, 0.1) is 5.82 Å². The van der Waals surface area contributed by atoms with Gasteiger partial charge in [-0.15, -0.1) is 0 Å².